The first-order chi connectivity index (χ1) is 6.86. The molecular formula is C12H10BrN. The number of aromatic amines is 1. The van der Waals surface area contributed by atoms with Gasteiger partial charge in [0.1, 0.15) is 0 Å². The highest BCUT2D eigenvalue weighted by molar-refractivity contribution is 9.09. The Balaban J connectivity index is 2.32. The minimum Gasteiger partial charge on any atom is -0.357 e. The molecule has 0 fully saturated rings. The first-order valence-electron chi connectivity index (χ1n) is 4.80. The molecule has 70 valence electrons. The van der Waals surface area contributed by atoms with Gasteiger partial charge in [-0.25, -0.2) is 0 Å². The van der Waals surface area contributed by atoms with Crippen LogP contribution in [0.3, 0.4) is 0 Å². The van der Waals surface area contributed by atoms with Gasteiger partial charge in [0.15, 0.2) is 0 Å². The number of para-hydroxylation sites is 1. The van der Waals surface area contributed by atoms with Crippen molar-refractivity contribution in [2.45, 2.75) is 17.7 Å². The standard InChI is InChI=1S/C12H10BrN/c13-10-6-3-5-9-8-4-1-2-7-11(8)14-12(9)10/h1-2,4,7,10,14H,5-6H2. The highest BCUT2D eigenvalue weighted by atomic mass is 79.9. The number of H-pyrrole nitrogens is 1. The van der Waals surface area contributed by atoms with E-state index in [1.54, 1.807) is 0 Å². The lowest BCUT2D eigenvalue weighted by Crippen LogP contribution is -2.03. The zero-order valence-electron chi connectivity index (χ0n) is 7.68. The molecular weight excluding hydrogens is 238 g/mol. The van der Waals surface area contributed by atoms with Crippen molar-refractivity contribution >= 4 is 26.8 Å². The van der Waals surface area contributed by atoms with E-state index in [-0.39, 0.29) is 0 Å². The number of benzene rings is 1. The Kier molecular flexibility index (Phi) is 1.91. The van der Waals surface area contributed by atoms with Crippen LogP contribution in [0.15, 0.2) is 24.3 Å². The van der Waals surface area contributed by atoms with Crippen LogP contribution < -0.4 is 0 Å². The second-order valence-corrected chi connectivity index (χ2v) is 4.77. The van der Waals surface area contributed by atoms with E-state index in [4.69, 9.17) is 0 Å². The molecule has 2 heteroatoms. The summed E-state index contributed by atoms with van der Waals surface area (Å²) in [4.78, 5) is 3.89. The molecule has 0 saturated carbocycles. The Bertz CT molecular complexity index is 472. The van der Waals surface area contributed by atoms with Crippen LogP contribution in [0.25, 0.3) is 10.9 Å². The molecule has 1 unspecified atom stereocenters. The van der Waals surface area contributed by atoms with Gasteiger partial charge < -0.3 is 4.98 Å². The van der Waals surface area contributed by atoms with Crippen LogP contribution in [0.2, 0.25) is 0 Å². The van der Waals surface area contributed by atoms with E-state index in [0.717, 1.165) is 12.8 Å². The first-order valence-corrected chi connectivity index (χ1v) is 5.72. The number of alkyl halides is 1. The highest BCUT2D eigenvalue weighted by Gasteiger charge is 2.21. The monoisotopic (exact) mass is 247 g/mol. The molecule has 14 heavy (non-hydrogen) atoms. The molecule has 1 aliphatic rings. The quantitative estimate of drug-likeness (QED) is 0.685. The number of rotatable bonds is 0. The largest absolute Gasteiger partial charge is 0.357 e. The second-order valence-electron chi connectivity index (χ2n) is 3.66. The molecule has 1 N–H and O–H groups in total. The molecule has 1 aromatic carbocycles. The lowest BCUT2D eigenvalue weighted by molar-refractivity contribution is 0.808. The summed E-state index contributed by atoms with van der Waals surface area (Å²) in [5, 5.41) is 1.35. The van der Waals surface area contributed by atoms with Crippen molar-refractivity contribution in [2.24, 2.45) is 0 Å². The molecule has 1 heterocycles. The number of halogens is 1. The van der Waals surface area contributed by atoms with E-state index in [1.807, 2.05) is 0 Å². The number of nitrogens with one attached hydrogen (secondary N) is 1. The van der Waals surface area contributed by atoms with Crippen LogP contribution in [0, 0.1) is 6.42 Å². The minimum atomic E-state index is 0.415. The SMILES string of the molecule is BrC1C[C]Cc2c1[nH]c1ccccc21. The summed E-state index contributed by atoms with van der Waals surface area (Å²) in [5.41, 5.74) is 3.99. The van der Waals surface area contributed by atoms with Gasteiger partial charge in [-0.05, 0) is 30.9 Å². The maximum atomic E-state index is 3.67. The van der Waals surface area contributed by atoms with E-state index in [1.165, 1.54) is 22.2 Å². The van der Waals surface area contributed by atoms with Gasteiger partial charge in [-0.1, -0.05) is 34.1 Å². The molecule has 0 amide bonds. The van der Waals surface area contributed by atoms with Crippen LogP contribution in [0.5, 0.6) is 0 Å². The van der Waals surface area contributed by atoms with Crippen molar-refractivity contribution in [3.05, 3.63) is 41.9 Å². The van der Waals surface area contributed by atoms with Gasteiger partial charge >= 0.3 is 0 Å². The van der Waals surface area contributed by atoms with Crippen molar-refractivity contribution < 1.29 is 0 Å². The molecule has 0 saturated heterocycles. The molecule has 1 nitrogen and oxygen atoms in total. The summed E-state index contributed by atoms with van der Waals surface area (Å²) >= 11 is 3.67. The highest BCUT2D eigenvalue weighted by Crippen LogP contribution is 2.38. The smallest absolute Gasteiger partial charge is 0.0554 e. The van der Waals surface area contributed by atoms with Crippen molar-refractivity contribution in [3.8, 4) is 0 Å². The summed E-state index contributed by atoms with van der Waals surface area (Å²) in [6, 6.07) is 8.47. The molecule has 1 aromatic heterocycles. The average molecular weight is 248 g/mol. The fourth-order valence-corrected chi connectivity index (χ4v) is 2.72. The topological polar surface area (TPSA) is 15.8 Å². The van der Waals surface area contributed by atoms with E-state index in [9.17, 15) is 0 Å². The van der Waals surface area contributed by atoms with E-state index in [2.05, 4.69) is 51.6 Å². The number of hydrogen-bond acceptors (Lipinski definition) is 0. The summed E-state index contributed by atoms with van der Waals surface area (Å²) in [6.07, 6.45) is 5.38. The lowest BCUT2D eigenvalue weighted by atomic mass is 9.96. The van der Waals surface area contributed by atoms with Crippen LogP contribution in [0.1, 0.15) is 22.5 Å². The Morgan fingerprint density at radius 1 is 1.36 bits per heavy atom. The van der Waals surface area contributed by atoms with Gasteiger partial charge in [-0.3, -0.25) is 0 Å². The predicted octanol–water partition coefficient (Wildman–Crippen LogP) is 3.63. The van der Waals surface area contributed by atoms with Gasteiger partial charge in [0.05, 0.1) is 4.83 Å². The van der Waals surface area contributed by atoms with Crippen molar-refractivity contribution in [1.29, 1.82) is 0 Å². The molecule has 2 aromatic rings. The van der Waals surface area contributed by atoms with Crippen LogP contribution in [0.4, 0.5) is 0 Å². The molecule has 0 bridgehead atoms. The summed E-state index contributed by atoms with van der Waals surface area (Å²) < 4.78 is 0. The molecule has 1 atom stereocenters. The van der Waals surface area contributed by atoms with Crippen molar-refractivity contribution in [3.63, 3.8) is 0 Å². The predicted molar refractivity (Wildman–Crippen MR) is 61.5 cm³/mol. The first kappa shape index (κ1) is 8.54. The number of fused-ring (bicyclic) bond motifs is 3. The fraction of sp³-hybridized carbons (Fsp3) is 0.250. The van der Waals surface area contributed by atoms with Gasteiger partial charge in [0.25, 0.3) is 0 Å². The van der Waals surface area contributed by atoms with E-state index in [0.29, 0.717) is 4.83 Å². The Morgan fingerprint density at radius 3 is 3.14 bits per heavy atom. The van der Waals surface area contributed by atoms with Gasteiger partial charge in [-0.2, -0.15) is 0 Å². The van der Waals surface area contributed by atoms with Crippen molar-refractivity contribution in [2.75, 3.05) is 0 Å². The third-order valence-corrected chi connectivity index (χ3v) is 3.57. The Labute approximate surface area is 91.6 Å². The van der Waals surface area contributed by atoms with Crippen LogP contribution >= 0.6 is 15.9 Å². The number of hydrogen-bond donors (Lipinski definition) is 1. The van der Waals surface area contributed by atoms with Gasteiger partial charge in [-0.15, -0.1) is 0 Å². The molecule has 2 radical (unpaired) electrons. The maximum absolute atomic E-state index is 3.67. The third kappa shape index (κ3) is 1.13. The minimum absolute atomic E-state index is 0.415. The average Bonchev–Trinajstić information content (AvgIpc) is 2.59. The summed E-state index contributed by atoms with van der Waals surface area (Å²) in [6.45, 7) is 0. The normalized spacial score (nSPS) is 21.1. The summed E-state index contributed by atoms with van der Waals surface area (Å²) in [7, 11) is 0. The maximum Gasteiger partial charge on any atom is 0.0554 e. The molecule has 0 spiro atoms. The van der Waals surface area contributed by atoms with Gasteiger partial charge in [0.2, 0.25) is 0 Å². The second kappa shape index (κ2) is 3.13. The van der Waals surface area contributed by atoms with Crippen LogP contribution in [-0.4, -0.2) is 4.98 Å². The lowest BCUT2D eigenvalue weighted by Gasteiger charge is -2.16. The van der Waals surface area contributed by atoms with Gasteiger partial charge in [0, 0.05) is 16.6 Å². The van der Waals surface area contributed by atoms with E-state index < -0.39 is 0 Å². The van der Waals surface area contributed by atoms with Crippen LogP contribution in [-0.2, 0) is 6.42 Å². The fourth-order valence-electron chi connectivity index (χ4n) is 2.10. The molecule has 3 rings (SSSR count). The third-order valence-electron chi connectivity index (χ3n) is 2.79. The van der Waals surface area contributed by atoms with Crippen molar-refractivity contribution in [1.82, 2.24) is 4.98 Å². The summed E-state index contributed by atoms with van der Waals surface area (Å²) in [5.74, 6) is 0. The number of aromatic nitrogens is 1. The Hall–Kier alpha value is -0.760. The Morgan fingerprint density at radius 2 is 2.21 bits per heavy atom. The molecule has 1 aliphatic carbocycles. The zero-order chi connectivity index (χ0) is 9.54. The molecule has 0 aliphatic heterocycles. The van der Waals surface area contributed by atoms with E-state index >= 15 is 0 Å². The zero-order valence-corrected chi connectivity index (χ0v) is 9.26.